The number of ether oxygens (including phenoxy) is 2. The van der Waals surface area contributed by atoms with Crippen molar-refractivity contribution in [2.75, 3.05) is 25.7 Å². The topological polar surface area (TPSA) is 72.9 Å². The summed E-state index contributed by atoms with van der Waals surface area (Å²) in [6.45, 7) is 0.192. The monoisotopic (exact) mass is 355 g/mol. The SMILES string of the molecule is COC(=O)c1cc(Br)ccc1N1CC(C(=O)OC)CC1=O. The minimum Gasteiger partial charge on any atom is -0.469 e. The summed E-state index contributed by atoms with van der Waals surface area (Å²) < 4.78 is 10.1. The molecule has 0 N–H and O–H groups in total. The number of amides is 1. The normalized spacial score (nSPS) is 17.8. The molecule has 1 aromatic carbocycles. The van der Waals surface area contributed by atoms with Gasteiger partial charge in [0.2, 0.25) is 5.91 Å². The van der Waals surface area contributed by atoms with Crippen molar-refractivity contribution in [3.63, 3.8) is 0 Å². The van der Waals surface area contributed by atoms with Crippen molar-refractivity contribution >= 4 is 39.5 Å². The molecule has 0 aliphatic carbocycles. The first-order valence-corrected chi connectivity index (χ1v) is 7.03. The molecule has 1 aliphatic heterocycles. The zero-order valence-corrected chi connectivity index (χ0v) is 13.2. The standard InChI is InChI=1S/C14H14BrNO5/c1-20-13(18)8-5-12(17)16(7-8)11-4-3-9(15)6-10(11)14(19)21-2/h3-4,6,8H,5,7H2,1-2H3. The highest BCUT2D eigenvalue weighted by Crippen LogP contribution is 2.31. The van der Waals surface area contributed by atoms with Crippen LogP contribution in [0.2, 0.25) is 0 Å². The number of benzene rings is 1. The summed E-state index contributed by atoms with van der Waals surface area (Å²) >= 11 is 3.28. The molecule has 1 heterocycles. The Bertz CT molecular complexity index is 601. The van der Waals surface area contributed by atoms with Crippen molar-refractivity contribution in [1.29, 1.82) is 0 Å². The van der Waals surface area contributed by atoms with E-state index in [2.05, 4.69) is 20.7 Å². The van der Waals surface area contributed by atoms with Gasteiger partial charge in [0.25, 0.3) is 0 Å². The highest BCUT2D eigenvalue weighted by molar-refractivity contribution is 9.10. The third-order valence-corrected chi connectivity index (χ3v) is 3.81. The van der Waals surface area contributed by atoms with Gasteiger partial charge in [0.05, 0.1) is 31.4 Å². The van der Waals surface area contributed by atoms with Crippen LogP contribution in [-0.4, -0.2) is 38.6 Å². The fourth-order valence-electron chi connectivity index (χ4n) is 2.28. The molecule has 1 fully saturated rings. The molecule has 7 heteroatoms. The third kappa shape index (κ3) is 3.07. The Morgan fingerprint density at radius 1 is 1.29 bits per heavy atom. The molecule has 112 valence electrons. The predicted octanol–water partition coefficient (Wildman–Crippen LogP) is 1.76. The maximum Gasteiger partial charge on any atom is 0.340 e. The molecule has 0 spiro atoms. The molecule has 1 saturated heterocycles. The van der Waals surface area contributed by atoms with Crippen LogP contribution < -0.4 is 4.90 Å². The van der Waals surface area contributed by atoms with E-state index in [9.17, 15) is 14.4 Å². The second-order valence-corrected chi connectivity index (χ2v) is 5.50. The summed E-state index contributed by atoms with van der Waals surface area (Å²) in [5.41, 5.74) is 0.701. The lowest BCUT2D eigenvalue weighted by molar-refractivity contribution is -0.145. The summed E-state index contributed by atoms with van der Waals surface area (Å²) in [5.74, 6) is -1.71. The molecular formula is C14H14BrNO5. The summed E-state index contributed by atoms with van der Waals surface area (Å²) in [6, 6.07) is 4.95. The molecular weight excluding hydrogens is 342 g/mol. The smallest absolute Gasteiger partial charge is 0.340 e. The molecule has 21 heavy (non-hydrogen) atoms. The number of nitrogens with zero attached hydrogens (tertiary/aromatic N) is 1. The molecule has 0 saturated carbocycles. The zero-order valence-electron chi connectivity index (χ0n) is 11.6. The Kier molecular flexibility index (Phi) is 4.62. The highest BCUT2D eigenvalue weighted by Gasteiger charge is 2.37. The van der Waals surface area contributed by atoms with Gasteiger partial charge in [-0.05, 0) is 18.2 Å². The van der Waals surface area contributed by atoms with Crippen molar-refractivity contribution < 1.29 is 23.9 Å². The minimum atomic E-state index is -0.541. The molecule has 1 amide bonds. The van der Waals surface area contributed by atoms with E-state index < -0.39 is 17.9 Å². The average Bonchev–Trinajstić information content (AvgIpc) is 2.87. The van der Waals surface area contributed by atoms with E-state index >= 15 is 0 Å². The molecule has 1 aliphatic rings. The van der Waals surface area contributed by atoms with E-state index in [4.69, 9.17) is 4.74 Å². The van der Waals surface area contributed by atoms with Gasteiger partial charge in [-0.25, -0.2) is 4.79 Å². The first kappa shape index (κ1) is 15.5. The molecule has 0 bridgehead atoms. The van der Waals surface area contributed by atoms with Crippen LogP contribution >= 0.6 is 15.9 Å². The average molecular weight is 356 g/mol. The van der Waals surface area contributed by atoms with Gasteiger partial charge in [-0.2, -0.15) is 0 Å². The largest absolute Gasteiger partial charge is 0.469 e. The quantitative estimate of drug-likeness (QED) is 0.772. The van der Waals surface area contributed by atoms with Crippen LogP contribution in [0.15, 0.2) is 22.7 Å². The van der Waals surface area contributed by atoms with Gasteiger partial charge in [0, 0.05) is 17.4 Å². The number of carbonyl (C=O) groups excluding carboxylic acids is 3. The fourth-order valence-corrected chi connectivity index (χ4v) is 2.64. The van der Waals surface area contributed by atoms with Gasteiger partial charge in [0.1, 0.15) is 0 Å². The van der Waals surface area contributed by atoms with Gasteiger partial charge >= 0.3 is 11.9 Å². The molecule has 1 unspecified atom stereocenters. The van der Waals surface area contributed by atoms with E-state index in [1.54, 1.807) is 18.2 Å². The Balaban J connectivity index is 2.36. The van der Waals surface area contributed by atoms with Crippen molar-refractivity contribution in [3.05, 3.63) is 28.2 Å². The van der Waals surface area contributed by atoms with Crippen molar-refractivity contribution in [3.8, 4) is 0 Å². The number of carbonyl (C=O) groups is 3. The van der Waals surface area contributed by atoms with E-state index in [1.807, 2.05) is 0 Å². The van der Waals surface area contributed by atoms with E-state index in [0.717, 1.165) is 0 Å². The first-order chi connectivity index (χ1) is 9.97. The number of hydrogen-bond acceptors (Lipinski definition) is 5. The van der Waals surface area contributed by atoms with E-state index in [0.29, 0.717) is 10.2 Å². The Morgan fingerprint density at radius 2 is 2.00 bits per heavy atom. The van der Waals surface area contributed by atoms with Crippen LogP contribution in [0.4, 0.5) is 5.69 Å². The van der Waals surface area contributed by atoms with Crippen molar-refractivity contribution in [2.45, 2.75) is 6.42 Å². The first-order valence-electron chi connectivity index (χ1n) is 6.24. The van der Waals surface area contributed by atoms with Crippen molar-refractivity contribution in [1.82, 2.24) is 0 Å². The van der Waals surface area contributed by atoms with Crippen LogP contribution in [0, 0.1) is 5.92 Å². The number of hydrogen-bond donors (Lipinski definition) is 0. The molecule has 1 atom stereocenters. The second-order valence-electron chi connectivity index (χ2n) is 4.58. The Labute approximate surface area is 130 Å². The summed E-state index contributed by atoms with van der Waals surface area (Å²) in [4.78, 5) is 36.9. The summed E-state index contributed by atoms with van der Waals surface area (Å²) in [7, 11) is 2.56. The number of esters is 2. The Morgan fingerprint density at radius 3 is 2.62 bits per heavy atom. The lowest BCUT2D eigenvalue weighted by atomic mass is 10.1. The zero-order chi connectivity index (χ0) is 15.6. The molecule has 1 aromatic rings. The molecule has 6 nitrogen and oxygen atoms in total. The number of anilines is 1. The summed E-state index contributed by atoms with van der Waals surface area (Å²) in [5, 5.41) is 0. The summed E-state index contributed by atoms with van der Waals surface area (Å²) in [6.07, 6.45) is 0.0728. The highest BCUT2D eigenvalue weighted by atomic mass is 79.9. The Hall–Kier alpha value is -1.89. The minimum absolute atomic E-state index is 0.0728. The molecule has 0 radical (unpaired) electrons. The van der Waals surface area contributed by atoms with E-state index in [1.165, 1.54) is 19.1 Å². The number of rotatable bonds is 3. The van der Waals surface area contributed by atoms with E-state index in [-0.39, 0.29) is 24.4 Å². The van der Waals surface area contributed by atoms with Gasteiger partial charge in [-0.3, -0.25) is 9.59 Å². The van der Waals surface area contributed by atoms with Crippen LogP contribution in [0.3, 0.4) is 0 Å². The van der Waals surface area contributed by atoms with Gasteiger partial charge in [-0.1, -0.05) is 15.9 Å². The maximum atomic E-state index is 12.1. The lowest BCUT2D eigenvalue weighted by Gasteiger charge is -2.19. The fraction of sp³-hybridized carbons (Fsp3) is 0.357. The molecule has 0 aromatic heterocycles. The molecule has 2 rings (SSSR count). The van der Waals surface area contributed by atoms with Crippen LogP contribution in [0.1, 0.15) is 16.8 Å². The lowest BCUT2D eigenvalue weighted by Crippen LogP contribution is -2.28. The second kappa shape index (κ2) is 6.26. The van der Waals surface area contributed by atoms with Crippen LogP contribution in [0.25, 0.3) is 0 Å². The van der Waals surface area contributed by atoms with Gasteiger partial charge in [0.15, 0.2) is 0 Å². The van der Waals surface area contributed by atoms with Gasteiger partial charge in [-0.15, -0.1) is 0 Å². The van der Waals surface area contributed by atoms with Gasteiger partial charge < -0.3 is 14.4 Å². The maximum absolute atomic E-state index is 12.1. The number of methoxy groups -OCH3 is 2. The number of halogens is 1. The third-order valence-electron chi connectivity index (χ3n) is 3.31. The predicted molar refractivity (Wildman–Crippen MR) is 78.0 cm³/mol. The van der Waals surface area contributed by atoms with Crippen molar-refractivity contribution in [2.24, 2.45) is 5.92 Å². The van der Waals surface area contributed by atoms with Crippen LogP contribution in [-0.2, 0) is 19.1 Å². The van der Waals surface area contributed by atoms with Crippen LogP contribution in [0.5, 0.6) is 0 Å².